The van der Waals surface area contributed by atoms with Crippen LogP contribution in [-0.2, 0) is 109 Å². The Hall–Kier alpha value is -4.28. The molecule has 102 heavy (non-hydrogen) atoms. The molecular formula is C65H116N4O33. The lowest BCUT2D eigenvalue weighted by Crippen LogP contribution is -2.50. The number of esters is 1. The van der Waals surface area contributed by atoms with Gasteiger partial charge in [-0.15, -0.1) is 0 Å². The van der Waals surface area contributed by atoms with Gasteiger partial charge < -0.3 is 153 Å². The van der Waals surface area contributed by atoms with E-state index in [1.807, 2.05) is 0 Å². The number of hydrogen-bond donors (Lipinski definition) is 14. The number of amides is 4. The monoisotopic (exact) mass is 1480 g/mol. The zero-order chi connectivity index (χ0) is 74.5. The Morgan fingerprint density at radius 3 is 1.17 bits per heavy atom. The SMILES string of the molecule is C=C(C(=O)[C@H](CCCCNC(=O)COCCOCCOCCO[C@H]1C[C@@H](O)[C@@H](O)[C@@H](CO)O1)NC(=O)COCCOCCOCCO[C@H]1C[C@@H](O)[C@@H](O)[C@@H](CO)O1)[C@@H](CCCCNC(=O)COCCOCCOCCO[C@H]1C[C@@H](O)[C@@H](O)[C@@H](CO)O1)C(=O)NCCCCCCOC(O)C(=O)OC. The van der Waals surface area contributed by atoms with E-state index in [4.69, 9.17) is 75.8 Å². The summed E-state index contributed by atoms with van der Waals surface area (Å²) >= 11 is 0. The van der Waals surface area contributed by atoms with E-state index in [9.17, 15) is 79.8 Å². The normalized spacial score (nSPS) is 23.8. The first kappa shape index (κ1) is 91.9. The van der Waals surface area contributed by atoms with E-state index >= 15 is 0 Å². The second-order valence-corrected chi connectivity index (χ2v) is 23.9. The van der Waals surface area contributed by atoms with Gasteiger partial charge in [-0.2, -0.15) is 0 Å². The summed E-state index contributed by atoms with van der Waals surface area (Å²) in [6, 6.07) is -1.17. The average molecular weight is 1480 g/mol. The fourth-order valence-electron chi connectivity index (χ4n) is 10.2. The molecule has 0 bridgehead atoms. The van der Waals surface area contributed by atoms with Crippen molar-refractivity contribution >= 4 is 35.4 Å². The molecule has 0 saturated carbocycles. The van der Waals surface area contributed by atoms with Gasteiger partial charge in [-0.25, -0.2) is 4.79 Å². The molecule has 1 unspecified atom stereocenters. The maximum atomic E-state index is 14.5. The van der Waals surface area contributed by atoms with Gasteiger partial charge >= 0.3 is 5.97 Å². The van der Waals surface area contributed by atoms with Gasteiger partial charge in [0.1, 0.15) is 56.4 Å². The number of carbonyl (C=O) groups is 6. The van der Waals surface area contributed by atoms with Gasteiger partial charge in [-0.1, -0.05) is 25.8 Å². The summed E-state index contributed by atoms with van der Waals surface area (Å²) in [7, 11) is 1.13. The van der Waals surface area contributed by atoms with E-state index in [0.29, 0.717) is 51.4 Å². The number of unbranched alkanes of at least 4 members (excludes halogenated alkanes) is 5. The average Bonchev–Trinajstić information content (AvgIpc) is 0.875. The van der Waals surface area contributed by atoms with Crippen LogP contribution in [0, 0.1) is 5.92 Å². The third kappa shape index (κ3) is 41.0. The predicted octanol–water partition coefficient (Wildman–Crippen LogP) is -5.34. The highest BCUT2D eigenvalue weighted by Gasteiger charge is 2.39. The number of Topliss-reactive ketones (excluding diaryl/α,β-unsaturated/α-hetero) is 1. The first-order valence-corrected chi connectivity index (χ1v) is 35.0. The van der Waals surface area contributed by atoms with E-state index in [1.54, 1.807) is 0 Å². The predicted molar refractivity (Wildman–Crippen MR) is 351 cm³/mol. The number of aliphatic hydroxyl groups excluding tert-OH is 10. The number of ether oxygens (including phenoxy) is 17. The van der Waals surface area contributed by atoms with Crippen LogP contribution in [-0.4, -0.2) is 365 Å². The van der Waals surface area contributed by atoms with Gasteiger partial charge in [-0.3, -0.25) is 24.0 Å². The molecule has 37 nitrogen and oxygen atoms in total. The van der Waals surface area contributed by atoms with Crippen molar-refractivity contribution in [2.75, 3.05) is 192 Å². The lowest BCUT2D eigenvalue weighted by molar-refractivity contribution is -0.259. The van der Waals surface area contributed by atoms with E-state index < -0.39 is 154 Å². The van der Waals surface area contributed by atoms with E-state index in [2.05, 4.69) is 32.6 Å². The smallest absolute Gasteiger partial charge is 0.363 e. The van der Waals surface area contributed by atoms with Crippen LogP contribution in [0.15, 0.2) is 12.2 Å². The third-order valence-corrected chi connectivity index (χ3v) is 15.9. The number of carbonyl (C=O) groups excluding carboxylic acids is 6. The highest BCUT2D eigenvalue weighted by atomic mass is 16.7. The summed E-state index contributed by atoms with van der Waals surface area (Å²) in [5, 5.41) is 108. The van der Waals surface area contributed by atoms with Crippen molar-refractivity contribution in [3.8, 4) is 0 Å². The van der Waals surface area contributed by atoms with Gasteiger partial charge in [0.2, 0.25) is 23.6 Å². The minimum atomic E-state index is -1.70. The maximum Gasteiger partial charge on any atom is 0.363 e. The Balaban J connectivity index is 1.47. The summed E-state index contributed by atoms with van der Waals surface area (Å²) in [5.74, 6) is -4.49. The molecule has 3 saturated heterocycles. The minimum absolute atomic E-state index is 0.00138. The van der Waals surface area contributed by atoms with Gasteiger partial charge in [0.25, 0.3) is 6.29 Å². The van der Waals surface area contributed by atoms with Gasteiger partial charge in [0.15, 0.2) is 24.7 Å². The Labute approximate surface area is 594 Å². The van der Waals surface area contributed by atoms with Crippen molar-refractivity contribution in [2.45, 2.75) is 170 Å². The first-order chi connectivity index (χ1) is 49.3. The first-order valence-electron chi connectivity index (χ1n) is 35.0. The molecule has 14 N–H and O–H groups in total. The summed E-state index contributed by atoms with van der Waals surface area (Å²) in [4.78, 5) is 78.7. The summed E-state index contributed by atoms with van der Waals surface area (Å²) in [6.45, 7) is 5.33. The second kappa shape index (κ2) is 57.9. The molecule has 15 atom stereocenters. The summed E-state index contributed by atoms with van der Waals surface area (Å²) in [5.41, 5.74) is -0.0648. The third-order valence-electron chi connectivity index (χ3n) is 15.9. The highest BCUT2D eigenvalue weighted by Crippen LogP contribution is 2.25. The number of methoxy groups -OCH3 is 1. The lowest BCUT2D eigenvalue weighted by atomic mass is 9.87. The molecule has 0 spiro atoms. The molecule has 3 rings (SSSR count). The van der Waals surface area contributed by atoms with E-state index in [0.717, 1.165) is 7.11 Å². The van der Waals surface area contributed by atoms with Crippen molar-refractivity contribution in [2.24, 2.45) is 5.92 Å². The lowest BCUT2D eigenvalue weighted by Gasteiger charge is -2.35. The molecule has 0 aliphatic carbocycles. The van der Waals surface area contributed by atoms with Crippen molar-refractivity contribution in [1.82, 2.24) is 21.3 Å². The van der Waals surface area contributed by atoms with Crippen LogP contribution in [0.1, 0.15) is 83.5 Å². The van der Waals surface area contributed by atoms with E-state index in [-0.39, 0.29) is 196 Å². The van der Waals surface area contributed by atoms with Gasteiger partial charge in [0, 0.05) is 44.5 Å². The quantitative estimate of drug-likeness (QED) is 0.0117. The molecule has 37 heteroatoms. The molecule has 3 fully saturated rings. The standard InChI is InChI=1S/C65H116N4O33/c1-44(45(63(83)68-15-7-3-4-10-16-99-65(85)64(84)86-2)11-5-8-13-66-53(76)41-93-26-23-87-17-20-90-29-32-96-56-35-47(73)60(80)50(38-70)100-56)59(79)46(69-55(78)43-95-28-25-89-19-22-92-31-34-98-58-37-49(75)62(82)52(40-72)102-58)12-6-9-14-67-54(77)42-94-27-24-88-18-21-91-30-33-97-57-36-48(74)61(81)51(39-71)101-57/h45-52,56-58,60-62,65,70-75,80-82,85H,1,3-43H2,2H3,(H,66,76)(H,67,77)(H,68,83)(H,69,78)/t45-,46+,47-,48-,49-,50-,51-,52-,56-,57-,58-,60-,61-,62-,65?/m1/s1. The fourth-order valence-corrected chi connectivity index (χ4v) is 10.2. The summed E-state index contributed by atoms with van der Waals surface area (Å²) in [6.07, 6.45) is -9.79. The molecule has 0 radical (unpaired) electrons. The molecule has 0 aromatic carbocycles. The van der Waals surface area contributed by atoms with Crippen molar-refractivity contribution in [1.29, 1.82) is 0 Å². The second-order valence-electron chi connectivity index (χ2n) is 23.9. The van der Waals surface area contributed by atoms with E-state index in [1.165, 1.54) is 0 Å². The number of rotatable bonds is 63. The molecule has 3 aliphatic rings. The number of aliphatic hydroxyl groups is 10. The number of nitrogens with one attached hydrogen (secondary N) is 4. The number of ketones is 1. The Morgan fingerprint density at radius 1 is 0.431 bits per heavy atom. The summed E-state index contributed by atoms with van der Waals surface area (Å²) < 4.78 is 91.8. The zero-order valence-corrected chi connectivity index (χ0v) is 58.7. The Bertz CT molecular complexity index is 2240. The zero-order valence-electron chi connectivity index (χ0n) is 58.7. The molecule has 4 amide bonds. The minimum Gasteiger partial charge on any atom is -0.465 e. The van der Waals surface area contributed by atoms with Crippen molar-refractivity contribution < 1.29 is 160 Å². The highest BCUT2D eigenvalue weighted by molar-refractivity contribution is 6.05. The Kier molecular flexibility index (Phi) is 52.2. The molecule has 594 valence electrons. The van der Waals surface area contributed by atoms with Crippen LogP contribution < -0.4 is 21.3 Å². The molecular weight excluding hydrogens is 1360 g/mol. The van der Waals surface area contributed by atoms with Crippen LogP contribution in [0.4, 0.5) is 0 Å². The van der Waals surface area contributed by atoms with Crippen molar-refractivity contribution in [3.63, 3.8) is 0 Å². The molecule has 3 aliphatic heterocycles. The van der Waals surface area contributed by atoms with Crippen LogP contribution in [0.3, 0.4) is 0 Å². The molecule has 3 heterocycles. The van der Waals surface area contributed by atoms with Gasteiger partial charge in [-0.05, 0) is 44.9 Å². The topological polar surface area (TPSA) is 510 Å². The Morgan fingerprint density at radius 2 is 0.775 bits per heavy atom. The van der Waals surface area contributed by atoms with Crippen LogP contribution in [0.5, 0.6) is 0 Å². The largest absolute Gasteiger partial charge is 0.465 e. The maximum absolute atomic E-state index is 14.5. The van der Waals surface area contributed by atoms with Crippen molar-refractivity contribution in [3.05, 3.63) is 12.2 Å². The fraction of sp³-hybridized carbons (Fsp3) is 0.877. The number of hydrogen-bond acceptors (Lipinski definition) is 33. The molecule has 0 aromatic heterocycles. The molecule has 0 aromatic rings. The van der Waals surface area contributed by atoms with Gasteiger partial charge in [0.05, 0.1) is 183 Å². The van der Waals surface area contributed by atoms with Crippen LogP contribution in [0.25, 0.3) is 0 Å². The van der Waals surface area contributed by atoms with Crippen LogP contribution in [0.2, 0.25) is 0 Å². The van der Waals surface area contributed by atoms with Crippen LogP contribution >= 0.6 is 0 Å².